The van der Waals surface area contributed by atoms with E-state index in [0.717, 1.165) is 66.0 Å². The van der Waals surface area contributed by atoms with Crippen molar-refractivity contribution in [3.8, 4) is 22.5 Å². The number of pyridine rings is 2. The van der Waals surface area contributed by atoms with E-state index in [9.17, 15) is 10.2 Å². The van der Waals surface area contributed by atoms with Crippen LogP contribution in [0.4, 0.5) is 0 Å². The summed E-state index contributed by atoms with van der Waals surface area (Å²) in [6.45, 7) is 8.09. The Kier molecular flexibility index (Phi) is 5.76. The molecule has 0 bridgehead atoms. The zero-order chi connectivity index (χ0) is 23.9. The van der Waals surface area contributed by atoms with E-state index in [0.29, 0.717) is 5.69 Å². The highest BCUT2D eigenvalue weighted by atomic mass is 16.3. The van der Waals surface area contributed by atoms with Gasteiger partial charge >= 0.3 is 0 Å². The first-order valence-corrected chi connectivity index (χ1v) is 11.8. The van der Waals surface area contributed by atoms with Gasteiger partial charge in [-0.1, -0.05) is 24.3 Å². The Bertz CT molecular complexity index is 1290. The average molecular weight is 458 g/mol. The lowest BCUT2D eigenvalue weighted by molar-refractivity contribution is -0.00730. The third kappa shape index (κ3) is 4.75. The summed E-state index contributed by atoms with van der Waals surface area (Å²) in [5.41, 5.74) is 4.66. The summed E-state index contributed by atoms with van der Waals surface area (Å²) < 4.78 is 6.29. The number of aliphatic hydroxyl groups is 2. The lowest BCUT2D eigenvalue weighted by Gasteiger charge is -2.35. The lowest BCUT2D eigenvalue weighted by Crippen LogP contribution is -2.41. The predicted molar refractivity (Wildman–Crippen MR) is 133 cm³/mol. The smallest absolute Gasteiger partial charge is 0.161 e. The first-order chi connectivity index (χ1) is 16.2. The number of furan rings is 1. The number of hydrogen-bond acceptors (Lipinski definition) is 6. The number of nitrogens with zero attached hydrogens (tertiary/aromatic N) is 3. The summed E-state index contributed by atoms with van der Waals surface area (Å²) in [7, 11) is 0. The zero-order valence-electron chi connectivity index (χ0n) is 20.0. The van der Waals surface area contributed by atoms with Gasteiger partial charge in [0.1, 0.15) is 16.9 Å². The van der Waals surface area contributed by atoms with Gasteiger partial charge in [0.25, 0.3) is 0 Å². The minimum atomic E-state index is -1.02. The number of piperidine rings is 1. The van der Waals surface area contributed by atoms with Crippen molar-refractivity contribution in [3.63, 3.8) is 0 Å². The van der Waals surface area contributed by atoms with E-state index >= 15 is 0 Å². The largest absolute Gasteiger partial charge is 0.454 e. The molecule has 4 heterocycles. The summed E-state index contributed by atoms with van der Waals surface area (Å²) in [5, 5.41) is 20.5. The quantitative estimate of drug-likeness (QED) is 0.432. The van der Waals surface area contributed by atoms with Gasteiger partial charge in [-0.25, -0.2) is 0 Å². The molecule has 6 nitrogen and oxygen atoms in total. The van der Waals surface area contributed by atoms with Crippen LogP contribution in [0.25, 0.3) is 33.6 Å². The molecule has 3 aromatic heterocycles. The Hall–Kier alpha value is -3.06. The van der Waals surface area contributed by atoms with Gasteiger partial charge < -0.3 is 14.6 Å². The van der Waals surface area contributed by atoms with Crippen LogP contribution in [0.1, 0.15) is 44.9 Å². The normalized spacial score (nSPS) is 16.7. The fourth-order valence-corrected chi connectivity index (χ4v) is 4.47. The Morgan fingerprint density at radius 1 is 0.971 bits per heavy atom. The second-order valence-corrected chi connectivity index (χ2v) is 10.1. The van der Waals surface area contributed by atoms with Crippen LogP contribution in [-0.2, 0) is 12.1 Å². The molecule has 6 heteroatoms. The molecule has 5 rings (SSSR count). The molecular weight excluding hydrogens is 426 g/mol. The first-order valence-electron chi connectivity index (χ1n) is 11.8. The molecule has 34 heavy (non-hydrogen) atoms. The van der Waals surface area contributed by atoms with Gasteiger partial charge in [0.05, 0.1) is 11.3 Å². The summed E-state index contributed by atoms with van der Waals surface area (Å²) >= 11 is 0. The molecular formula is C28H31N3O3. The molecule has 0 spiro atoms. The van der Waals surface area contributed by atoms with Crippen molar-refractivity contribution in [2.75, 3.05) is 13.1 Å². The van der Waals surface area contributed by atoms with E-state index in [2.05, 4.69) is 39.1 Å². The molecule has 0 saturated carbocycles. The minimum absolute atomic E-state index is 0.527. The maximum atomic E-state index is 10.4. The van der Waals surface area contributed by atoms with E-state index in [1.54, 1.807) is 26.2 Å². The summed E-state index contributed by atoms with van der Waals surface area (Å²) in [4.78, 5) is 11.2. The summed E-state index contributed by atoms with van der Waals surface area (Å²) in [5.74, 6) is 0.771. The Balaban J connectivity index is 1.39. The second-order valence-electron chi connectivity index (χ2n) is 10.1. The fraction of sp³-hybridized carbons (Fsp3) is 0.357. The van der Waals surface area contributed by atoms with E-state index in [4.69, 9.17) is 4.42 Å². The van der Waals surface area contributed by atoms with Crippen LogP contribution in [-0.4, -0.2) is 43.8 Å². The number of benzene rings is 1. The maximum absolute atomic E-state index is 10.4. The third-order valence-electron chi connectivity index (χ3n) is 6.69. The number of fused-ring (bicyclic) bond motifs is 1. The maximum Gasteiger partial charge on any atom is 0.161 e. The van der Waals surface area contributed by atoms with Gasteiger partial charge in [0, 0.05) is 49.2 Å². The van der Waals surface area contributed by atoms with Crippen molar-refractivity contribution < 1.29 is 14.6 Å². The molecule has 0 radical (unpaired) electrons. The molecule has 0 atom stereocenters. The van der Waals surface area contributed by atoms with Crippen molar-refractivity contribution >= 4 is 11.1 Å². The Labute approximate surface area is 199 Å². The molecule has 1 aliphatic rings. The number of hydrogen-bond donors (Lipinski definition) is 2. The van der Waals surface area contributed by atoms with E-state index < -0.39 is 11.2 Å². The number of aromatic nitrogens is 2. The van der Waals surface area contributed by atoms with Gasteiger partial charge in [0.2, 0.25) is 0 Å². The molecule has 1 fully saturated rings. The van der Waals surface area contributed by atoms with E-state index in [-0.39, 0.29) is 0 Å². The minimum Gasteiger partial charge on any atom is -0.454 e. The average Bonchev–Trinajstić information content (AvgIpc) is 3.25. The third-order valence-corrected chi connectivity index (χ3v) is 6.69. The van der Waals surface area contributed by atoms with Gasteiger partial charge in [-0.3, -0.25) is 14.9 Å². The highest BCUT2D eigenvalue weighted by Gasteiger charge is 2.27. The topological polar surface area (TPSA) is 82.6 Å². The Morgan fingerprint density at radius 2 is 1.68 bits per heavy atom. The molecule has 0 aliphatic carbocycles. The molecule has 176 valence electrons. The SMILES string of the molecule is CC1(O)CCN(Cc2ccc(-c3cc4nccc(-c5ccnc(C(C)(C)O)c5)c4o3)cc2)CC1. The molecule has 4 aromatic rings. The lowest BCUT2D eigenvalue weighted by atomic mass is 9.93. The van der Waals surface area contributed by atoms with Gasteiger partial charge in [0.15, 0.2) is 5.58 Å². The molecule has 0 unspecified atom stereocenters. The van der Waals surface area contributed by atoms with Crippen LogP contribution in [0.3, 0.4) is 0 Å². The van der Waals surface area contributed by atoms with Crippen LogP contribution < -0.4 is 0 Å². The van der Waals surface area contributed by atoms with Gasteiger partial charge in [-0.2, -0.15) is 0 Å². The molecule has 2 N–H and O–H groups in total. The van der Waals surface area contributed by atoms with Crippen LogP contribution in [0.2, 0.25) is 0 Å². The van der Waals surface area contributed by atoms with Crippen molar-refractivity contribution in [1.29, 1.82) is 0 Å². The van der Waals surface area contributed by atoms with Gasteiger partial charge in [-0.05, 0) is 62.9 Å². The zero-order valence-corrected chi connectivity index (χ0v) is 20.0. The highest BCUT2D eigenvalue weighted by molar-refractivity contribution is 5.92. The molecule has 1 saturated heterocycles. The summed E-state index contributed by atoms with van der Waals surface area (Å²) in [6.07, 6.45) is 5.11. The molecule has 1 aliphatic heterocycles. The monoisotopic (exact) mass is 457 g/mol. The van der Waals surface area contributed by atoms with Gasteiger partial charge in [-0.15, -0.1) is 0 Å². The van der Waals surface area contributed by atoms with Crippen LogP contribution in [0.5, 0.6) is 0 Å². The van der Waals surface area contributed by atoms with Crippen molar-refractivity contribution in [3.05, 3.63) is 72.2 Å². The first kappa shape index (κ1) is 22.7. The van der Waals surface area contributed by atoms with Crippen molar-refractivity contribution in [1.82, 2.24) is 14.9 Å². The van der Waals surface area contributed by atoms with Crippen molar-refractivity contribution in [2.24, 2.45) is 0 Å². The fourth-order valence-electron chi connectivity index (χ4n) is 4.47. The molecule has 1 aromatic carbocycles. The highest BCUT2D eigenvalue weighted by Crippen LogP contribution is 2.34. The van der Waals surface area contributed by atoms with Crippen LogP contribution >= 0.6 is 0 Å². The predicted octanol–water partition coefficient (Wildman–Crippen LogP) is 5.13. The van der Waals surface area contributed by atoms with Crippen LogP contribution in [0.15, 0.2) is 65.3 Å². The Morgan fingerprint density at radius 3 is 2.38 bits per heavy atom. The second kappa shape index (κ2) is 8.62. The summed E-state index contributed by atoms with van der Waals surface area (Å²) in [6, 6.07) is 16.2. The van der Waals surface area contributed by atoms with E-state index in [1.165, 1.54) is 5.56 Å². The number of likely N-dealkylation sites (tertiary alicyclic amines) is 1. The molecule has 0 amide bonds. The van der Waals surface area contributed by atoms with Crippen LogP contribution in [0, 0.1) is 0 Å². The number of rotatable bonds is 5. The van der Waals surface area contributed by atoms with E-state index in [1.807, 2.05) is 31.2 Å². The van der Waals surface area contributed by atoms with Crippen molar-refractivity contribution in [2.45, 2.75) is 51.4 Å². The standard InChI is InChI=1S/C28H31N3O3/c1-27(2,32)25-16-21(8-12-30-25)22-9-13-29-23-17-24(34-26(22)23)20-6-4-19(5-7-20)18-31-14-10-28(3,33)11-15-31/h4-9,12-13,16-17,32-33H,10-11,14-15,18H2,1-3H3.